The lowest BCUT2D eigenvalue weighted by Crippen LogP contribution is -1.83. The normalized spacial score (nSPS) is 11.0. The molecule has 1 N–H and O–H groups in total. The molecule has 0 atom stereocenters. The lowest BCUT2D eigenvalue weighted by atomic mass is 10.2. The van der Waals surface area contributed by atoms with Gasteiger partial charge in [0.05, 0.1) is 17.4 Å². The Morgan fingerprint density at radius 3 is 2.95 bits per heavy atom. The average Bonchev–Trinajstić information content (AvgIpc) is 3.16. The summed E-state index contributed by atoms with van der Waals surface area (Å²) in [4.78, 5) is 15.8. The number of fused-ring (bicyclic) bond motifs is 1. The van der Waals surface area contributed by atoms with Crippen molar-refractivity contribution in [3.8, 4) is 23.0 Å². The Bertz CT molecular complexity index is 865. The minimum Gasteiger partial charge on any atom is -0.345 e. The molecule has 0 fully saturated rings. The van der Waals surface area contributed by atoms with E-state index in [1.165, 1.54) is 0 Å². The summed E-state index contributed by atoms with van der Waals surface area (Å²) in [6, 6.07) is 11.3. The van der Waals surface area contributed by atoms with Gasteiger partial charge in [-0.2, -0.15) is 4.98 Å². The van der Waals surface area contributed by atoms with Gasteiger partial charge in [-0.15, -0.1) is 0 Å². The van der Waals surface area contributed by atoms with E-state index in [0.717, 1.165) is 16.6 Å². The number of imidazole rings is 1. The Kier molecular flexibility index (Phi) is 2.32. The van der Waals surface area contributed by atoms with Crippen molar-refractivity contribution in [3.63, 3.8) is 0 Å². The van der Waals surface area contributed by atoms with Gasteiger partial charge in [0, 0.05) is 11.8 Å². The molecule has 0 aliphatic rings. The van der Waals surface area contributed by atoms with E-state index in [-0.39, 0.29) is 0 Å². The largest absolute Gasteiger partial charge is 0.345 e. The fraction of sp³-hybridized carbons (Fsp3) is 0. The summed E-state index contributed by atoms with van der Waals surface area (Å²) >= 11 is 0. The molecule has 4 aromatic rings. The minimum absolute atomic E-state index is 0.408. The maximum absolute atomic E-state index is 5.25. The van der Waals surface area contributed by atoms with Gasteiger partial charge in [-0.1, -0.05) is 11.2 Å². The summed E-state index contributed by atoms with van der Waals surface area (Å²) < 4.78 is 5.25. The van der Waals surface area contributed by atoms with Crippen LogP contribution in [0.5, 0.6) is 0 Å². The van der Waals surface area contributed by atoms with Crippen molar-refractivity contribution in [2.24, 2.45) is 0 Å². The van der Waals surface area contributed by atoms with Gasteiger partial charge in [0.25, 0.3) is 5.89 Å². The first-order valence-corrected chi connectivity index (χ1v) is 6.09. The molecular formula is C14H9N5O. The van der Waals surface area contributed by atoms with Gasteiger partial charge in [0.2, 0.25) is 5.82 Å². The Morgan fingerprint density at radius 1 is 1.05 bits per heavy atom. The monoisotopic (exact) mass is 263 g/mol. The molecule has 1 aromatic carbocycles. The van der Waals surface area contributed by atoms with Crippen LogP contribution in [0.4, 0.5) is 0 Å². The predicted molar refractivity (Wildman–Crippen MR) is 72.6 cm³/mol. The third-order valence-corrected chi connectivity index (χ3v) is 2.99. The summed E-state index contributed by atoms with van der Waals surface area (Å²) in [5.41, 5.74) is 3.37. The van der Waals surface area contributed by atoms with Crippen molar-refractivity contribution in [2.45, 2.75) is 0 Å². The molecule has 0 bridgehead atoms. The van der Waals surface area contributed by atoms with Gasteiger partial charge >= 0.3 is 0 Å². The van der Waals surface area contributed by atoms with Crippen molar-refractivity contribution in [1.29, 1.82) is 0 Å². The first-order chi connectivity index (χ1) is 9.90. The Balaban J connectivity index is 1.77. The van der Waals surface area contributed by atoms with E-state index < -0.39 is 0 Å². The molecule has 0 aliphatic carbocycles. The third-order valence-electron chi connectivity index (χ3n) is 2.99. The summed E-state index contributed by atoms with van der Waals surface area (Å²) in [7, 11) is 0. The first kappa shape index (κ1) is 10.9. The van der Waals surface area contributed by atoms with E-state index in [4.69, 9.17) is 4.52 Å². The van der Waals surface area contributed by atoms with Crippen molar-refractivity contribution in [3.05, 3.63) is 48.9 Å². The molecule has 20 heavy (non-hydrogen) atoms. The maximum atomic E-state index is 5.25. The number of hydrogen-bond acceptors (Lipinski definition) is 5. The van der Waals surface area contributed by atoms with Crippen LogP contribution in [0.25, 0.3) is 34.0 Å². The lowest BCUT2D eigenvalue weighted by Gasteiger charge is -1.94. The van der Waals surface area contributed by atoms with Crippen LogP contribution < -0.4 is 0 Å². The van der Waals surface area contributed by atoms with Crippen LogP contribution in [0.3, 0.4) is 0 Å². The predicted octanol–water partition coefficient (Wildman–Crippen LogP) is 2.67. The van der Waals surface area contributed by atoms with Crippen LogP contribution in [0.1, 0.15) is 0 Å². The van der Waals surface area contributed by atoms with Crippen molar-refractivity contribution in [1.82, 2.24) is 25.1 Å². The highest BCUT2D eigenvalue weighted by atomic mass is 16.5. The van der Waals surface area contributed by atoms with E-state index in [1.54, 1.807) is 12.5 Å². The van der Waals surface area contributed by atoms with Crippen LogP contribution in [-0.2, 0) is 0 Å². The van der Waals surface area contributed by atoms with Crippen molar-refractivity contribution < 1.29 is 4.52 Å². The van der Waals surface area contributed by atoms with Gasteiger partial charge in [-0.25, -0.2) is 4.98 Å². The quantitative estimate of drug-likeness (QED) is 0.601. The Hall–Kier alpha value is -3.02. The summed E-state index contributed by atoms with van der Waals surface area (Å²) in [6.07, 6.45) is 3.35. The van der Waals surface area contributed by atoms with Crippen LogP contribution in [0, 0.1) is 0 Å². The molecule has 6 nitrogen and oxygen atoms in total. The number of rotatable bonds is 2. The number of pyridine rings is 1. The molecule has 0 saturated carbocycles. The molecule has 0 radical (unpaired) electrons. The van der Waals surface area contributed by atoms with E-state index in [2.05, 4.69) is 25.1 Å². The van der Waals surface area contributed by atoms with Crippen LogP contribution in [-0.4, -0.2) is 25.1 Å². The molecular weight excluding hydrogens is 254 g/mol. The van der Waals surface area contributed by atoms with Gasteiger partial charge in [0.15, 0.2) is 0 Å². The van der Waals surface area contributed by atoms with Crippen molar-refractivity contribution in [2.75, 3.05) is 0 Å². The minimum atomic E-state index is 0.408. The molecule has 3 aromatic heterocycles. The molecule has 0 saturated heterocycles. The number of aromatic amines is 1. The summed E-state index contributed by atoms with van der Waals surface area (Å²) in [6.45, 7) is 0. The Morgan fingerprint density at radius 2 is 2.05 bits per heavy atom. The fourth-order valence-corrected chi connectivity index (χ4v) is 2.01. The van der Waals surface area contributed by atoms with Crippen LogP contribution in [0.15, 0.2) is 53.4 Å². The zero-order valence-electron chi connectivity index (χ0n) is 10.3. The zero-order chi connectivity index (χ0) is 13.4. The fourth-order valence-electron chi connectivity index (χ4n) is 2.01. The molecule has 96 valence electrons. The van der Waals surface area contributed by atoms with Gasteiger partial charge in [0.1, 0.15) is 5.69 Å². The standard InChI is InChI=1S/C14H9N5O/c1-2-6-15-11(3-1)14-18-13(19-20-14)9-4-5-10-12(7-9)17-8-16-10/h1-8H,(H,16,17). The average molecular weight is 263 g/mol. The second kappa shape index (κ2) is 4.27. The number of nitrogens with zero attached hydrogens (tertiary/aromatic N) is 4. The molecule has 0 aliphatic heterocycles. The second-order valence-electron chi connectivity index (χ2n) is 4.27. The molecule has 0 unspecified atom stereocenters. The number of aromatic nitrogens is 5. The van der Waals surface area contributed by atoms with E-state index >= 15 is 0 Å². The maximum Gasteiger partial charge on any atom is 0.276 e. The van der Waals surface area contributed by atoms with Crippen LogP contribution in [0.2, 0.25) is 0 Å². The molecule has 4 rings (SSSR count). The highest BCUT2D eigenvalue weighted by molar-refractivity contribution is 5.80. The van der Waals surface area contributed by atoms with E-state index in [9.17, 15) is 0 Å². The lowest BCUT2D eigenvalue weighted by molar-refractivity contribution is 0.431. The van der Waals surface area contributed by atoms with Crippen LogP contribution >= 0.6 is 0 Å². The van der Waals surface area contributed by atoms with Gasteiger partial charge in [-0.05, 0) is 30.3 Å². The summed E-state index contributed by atoms with van der Waals surface area (Å²) in [5.74, 6) is 0.937. The van der Waals surface area contributed by atoms with Crippen molar-refractivity contribution >= 4 is 11.0 Å². The van der Waals surface area contributed by atoms with Gasteiger partial charge in [-0.3, -0.25) is 4.98 Å². The van der Waals surface area contributed by atoms with E-state index in [1.807, 2.05) is 36.4 Å². The van der Waals surface area contributed by atoms with Gasteiger partial charge < -0.3 is 9.51 Å². The molecule has 0 amide bonds. The third kappa shape index (κ3) is 1.74. The Labute approximate surface area is 113 Å². The number of H-pyrrole nitrogens is 1. The molecule has 3 heterocycles. The number of benzene rings is 1. The molecule has 0 spiro atoms. The smallest absolute Gasteiger partial charge is 0.276 e. The SMILES string of the molecule is c1ccc(-c2nc(-c3ccc4nc[nH]c4c3)no2)nc1. The number of nitrogens with one attached hydrogen (secondary N) is 1. The highest BCUT2D eigenvalue weighted by Crippen LogP contribution is 2.23. The summed E-state index contributed by atoms with van der Waals surface area (Å²) in [5, 5.41) is 3.99. The van der Waals surface area contributed by atoms with E-state index in [0.29, 0.717) is 17.4 Å². The number of hydrogen-bond donors (Lipinski definition) is 1. The topological polar surface area (TPSA) is 80.5 Å². The highest BCUT2D eigenvalue weighted by Gasteiger charge is 2.11. The second-order valence-corrected chi connectivity index (χ2v) is 4.27. The molecule has 6 heteroatoms. The zero-order valence-corrected chi connectivity index (χ0v) is 10.3. The first-order valence-electron chi connectivity index (χ1n) is 6.09.